The average molecular weight is 347 g/mol. The zero-order chi connectivity index (χ0) is 17.1. The Morgan fingerprint density at radius 2 is 1.92 bits per heavy atom. The van der Waals surface area contributed by atoms with E-state index in [9.17, 15) is 4.79 Å². The fourth-order valence-electron chi connectivity index (χ4n) is 3.20. The highest BCUT2D eigenvalue weighted by atomic mass is 32.1. The number of amides is 1. The van der Waals surface area contributed by atoms with Gasteiger partial charge in [-0.15, -0.1) is 11.3 Å². The second-order valence-electron chi connectivity index (χ2n) is 6.10. The van der Waals surface area contributed by atoms with Crippen LogP contribution in [0.3, 0.4) is 0 Å². The van der Waals surface area contributed by atoms with Crippen LogP contribution in [0.5, 0.6) is 0 Å². The lowest BCUT2D eigenvalue weighted by Crippen LogP contribution is -2.50. The Hall–Kier alpha value is -1.73. The second kappa shape index (κ2) is 7.44. The van der Waals surface area contributed by atoms with Gasteiger partial charge in [0, 0.05) is 44.1 Å². The Morgan fingerprint density at radius 3 is 2.58 bits per heavy atom. The number of piperazine rings is 1. The third kappa shape index (κ3) is 3.52. The number of hydrogen-bond donors (Lipinski definition) is 0. The maximum Gasteiger partial charge on any atom is 0.236 e. The summed E-state index contributed by atoms with van der Waals surface area (Å²) in [7, 11) is 0. The van der Waals surface area contributed by atoms with Gasteiger partial charge in [-0.3, -0.25) is 9.69 Å². The van der Waals surface area contributed by atoms with E-state index in [-0.39, 0.29) is 5.91 Å². The molecule has 3 rings (SSSR count). The third-order valence-corrected chi connectivity index (χ3v) is 5.54. The van der Waals surface area contributed by atoms with E-state index in [0.29, 0.717) is 6.54 Å². The van der Waals surface area contributed by atoms with Crippen LogP contribution in [0.4, 0.5) is 5.82 Å². The summed E-state index contributed by atoms with van der Waals surface area (Å²) in [5, 5.41) is 1.15. The van der Waals surface area contributed by atoms with Gasteiger partial charge >= 0.3 is 0 Å². The summed E-state index contributed by atoms with van der Waals surface area (Å²) in [6.45, 7) is 11.8. The van der Waals surface area contributed by atoms with Crippen LogP contribution in [0.1, 0.15) is 18.7 Å². The predicted octanol–water partition coefficient (Wildman–Crippen LogP) is 1.99. The maximum absolute atomic E-state index is 12.3. The number of likely N-dealkylation sites (N-methyl/N-ethyl adjacent to an activating group) is 1. The number of aromatic nitrogens is 2. The monoisotopic (exact) mass is 347 g/mol. The molecule has 1 amide bonds. The van der Waals surface area contributed by atoms with Crippen LogP contribution in [0.15, 0.2) is 12.4 Å². The molecule has 0 unspecified atom stereocenters. The summed E-state index contributed by atoms with van der Waals surface area (Å²) < 4.78 is 0. The first-order valence-electron chi connectivity index (χ1n) is 8.58. The van der Waals surface area contributed by atoms with Crippen molar-refractivity contribution in [3.63, 3.8) is 0 Å². The van der Waals surface area contributed by atoms with Gasteiger partial charge in [0.25, 0.3) is 0 Å². The zero-order valence-corrected chi connectivity index (χ0v) is 15.5. The predicted molar refractivity (Wildman–Crippen MR) is 98.7 cm³/mol. The van der Waals surface area contributed by atoms with Gasteiger partial charge in [-0.25, -0.2) is 9.97 Å². The molecule has 1 fully saturated rings. The molecule has 3 heterocycles. The molecule has 1 aliphatic heterocycles. The molecule has 0 bridgehead atoms. The van der Waals surface area contributed by atoms with Crippen molar-refractivity contribution in [3.05, 3.63) is 17.3 Å². The van der Waals surface area contributed by atoms with Crippen molar-refractivity contribution in [2.24, 2.45) is 0 Å². The van der Waals surface area contributed by atoms with E-state index >= 15 is 0 Å². The molecule has 130 valence electrons. The molecule has 0 N–H and O–H groups in total. The van der Waals surface area contributed by atoms with E-state index in [1.165, 1.54) is 4.88 Å². The Kier molecular flexibility index (Phi) is 5.30. The van der Waals surface area contributed by atoms with Crippen molar-refractivity contribution in [3.8, 4) is 0 Å². The molecular formula is C17H25N5OS. The number of carbonyl (C=O) groups is 1. The molecule has 24 heavy (non-hydrogen) atoms. The summed E-state index contributed by atoms with van der Waals surface area (Å²) >= 11 is 1.71. The summed E-state index contributed by atoms with van der Waals surface area (Å²) in [6, 6.07) is 2.17. The number of thiophene rings is 1. The number of fused-ring (bicyclic) bond motifs is 1. The molecule has 7 heteroatoms. The van der Waals surface area contributed by atoms with Crippen LogP contribution < -0.4 is 4.90 Å². The lowest BCUT2D eigenvalue weighted by molar-refractivity contribution is -0.132. The third-order valence-electron chi connectivity index (χ3n) is 4.58. The Bertz CT molecular complexity index is 704. The minimum atomic E-state index is 0.228. The van der Waals surface area contributed by atoms with Crippen LogP contribution in [0.2, 0.25) is 0 Å². The summed E-state index contributed by atoms with van der Waals surface area (Å²) in [5.41, 5.74) is 0. The normalized spacial score (nSPS) is 15.9. The number of rotatable bonds is 5. The smallest absolute Gasteiger partial charge is 0.236 e. The van der Waals surface area contributed by atoms with Gasteiger partial charge in [-0.1, -0.05) is 0 Å². The fourth-order valence-corrected chi connectivity index (χ4v) is 4.04. The number of anilines is 1. The van der Waals surface area contributed by atoms with Crippen molar-refractivity contribution in [1.82, 2.24) is 19.8 Å². The SMILES string of the molecule is CCN(CC)C(=O)CN1CCN(c2ncnc3sc(C)cc23)CC1. The van der Waals surface area contributed by atoms with Crippen LogP contribution in [-0.2, 0) is 4.79 Å². The van der Waals surface area contributed by atoms with Gasteiger partial charge in [-0.2, -0.15) is 0 Å². The van der Waals surface area contributed by atoms with Gasteiger partial charge < -0.3 is 9.80 Å². The van der Waals surface area contributed by atoms with E-state index in [0.717, 1.165) is 55.3 Å². The highest BCUT2D eigenvalue weighted by Crippen LogP contribution is 2.30. The fraction of sp³-hybridized carbons (Fsp3) is 0.588. The topological polar surface area (TPSA) is 52.6 Å². The molecule has 1 saturated heterocycles. The zero-order valence-electron chi connectivity index (χ0n) is 14.7. The molecule has 0 spiro atoms. The Morgan fingerprint density at radius 1 is 1.21 bits per heavy atom. The van der Waals surface area contributed by atoms with Crippen molar-refractivity contribution in [1.29, 1.82) is 0 Å². The summed E-state index contributed by atoms with van der Waals surface area (Å²) in [6.07, 6.45) is 1.66. The van der Waals surface area contributed by atoms with Crippen LogP contribution in [0, 0.1) is 6.92 Å². The van der Waals surface area contributed by atoms with Crippen LogP contribution >= 0.6 is 11.3 Å². The van der Waals surface area contributed by atoms with Crippen molar-refractivity contribution < 1.29 is 4.79 Å². The molecule has 0 atom stereocenters. The molecule has 1 aliphatic rings. The number of aryl methyl sites for hydroxylation is 1. The number of carbonyl (C=O) groups excluding carboxylic acids is 1. The van der Waals surface area contributed by atoms with E-state index < -0.39 is 0 Å². The van der Waals surface area contributed by atoms with E-state index in [1.54, 1.807) is 17.7 Å². The first-order chi connectivity index (χ1) is 11.6. The lowest BCUT2D eigenvalue weighted by atomic mass is 10.2. The highest BCUT2D eigenvalue weighted by molar-refractivity contribution is 7.18. The standard InChI is InChI=1S/C17H25N5OS/c1-4-21(5-2)15(23)11-20-6-8-22(9-7-20)16-14-10-13(3)24-17(14)19-12-18-16/h10,12H,4-9,11H2,1-3H3. The number of nitrogens with zero attached hydrogens (tertiary/aromatic N) is 5. The maximum atomic E-state index is 12.3. The molecule has 0 aliphatic carbocycles. The van der Waals surface area contributed by atoms with Gasteiger partial charge in [0.2, 0.25) is 5.91 Å². The molecular weight excluding hydrogens is 322 g/mol. The quantitative estimate of drug-likeness (QED) is 0.828. The first kappa shape index (κ1) is 17.1. The molecule has 6 nitrogen and oxygen atoms in total. The van der Waals surface area contributed by atoms with Gasteiger partial charge in [0.15, 0.2) is 0 Å². The van der Waals surface area contributed by atoms with E-state index in [1.807, 2.05) is 18.7 Å². The van der Waals surface area contributed by atoms with Gasteiger partial charge in [0.1, 0.15) is 17.0 Å². The average Bonchev–Trinajstić information content (AvgIpc) is 2.97. The van der Waals surface area contributed by atoms with Crippen LogP contribution in [-0.4, -0.2) is 71.5 Å². The van der Waals surface area contributed by atoms with Crippen LogP contribution in [0.25, 0.3) is 10.2 Å². The molecule has 2 aromatic rings. The Labute approximate surface area is 147 Å². The second-order valence-corrected chi connectivity index (χ2v) is 7.34. The minimum absolute atomic E-state index is 0.228. The Balaban J connectivity index is 1.63. The highest BCUT2D eigenvalue weighted by Gasteiger charge is 2.23. The van der Waals surface area contributed by atoms with Crippen molar-refractivity contribution in [2.75, 3.05) is 50.7 Å². The molecule has 2 aromatic heterocycles. The van der Waals surface area contributed by atoms with Crippen molar-refractivity contribution in [2.45, 2.75) is 20.8 Å². The molecule has 0 aromatic carbocycles. The van der Waals surface area contributed by atoms with E-state index in [4.69, 9.17) is 0 Å². The van der Waals surface area contributed by atoms with Gasteiger partial charge in [0.05, 0.1) is 11.9 Å². The van der Waals surface area contributed by atoms with Crippen molar-refractivity contribution >= 4 is 33.3 Å². The largest absolute Gasteiger partial charge is 0.353 e. The summed E-state index contributed by atoms with van der Waals surface area (Å²) in [4.78, 5) is 29.9. The van der Waals surface area contributed by atoms with E-state index in [2.05, 4.69) is 32.8 Å². The molecule has 0 saturated carbocycles. The minimum Gasteiger partial charge on any atom is -0.353 e. The molecule has 0 radical (unpaired) electrons. The lowest BCUT2D eigenvalue weighted by Gasteiger charge is -2.36. The summed E-state index contributed by atoms with van der Waals surface area (Å²) in [5.74, 6) is 1.26. The van der Waals surface area contributed by atoms with Gasteiger partial charge in [-0.05, 0) is 26.8 Å². The number of hydrogen-bond acceptors (Lipinski definition) is 6. The first-order valence-corrected chi connectivity index (χ1v) is 9.40.